The maximum Gasteiger partial charge on any atom is 0.0468 e. The lowest BCUT2D eigenvalue weighted by Gasteiger charge is -2.26. The number of nitrogens with zero attached hydrogens (tertiary/aromatic N) is 1. The Kier molecular flexibility index (Phi) is 5.62. The van der Waals surface area contributed by atoms with Crippen molar-refractivity contribution in [2.45, 2.75) is 0 Å². The molecule has 0 saturated carbocycles. The Hall–Kier alpha value is -4.96. The van der Waals surface area contributed by atoms with E-state index in [1.165, 1.54) is 62.2 Å². The Bertz CT molecular complexity index is 2450. The third-order valence-corrected chi connectivity index (χ3v) is 10.8. The van der Waals surface area contributed by atoms with E-state index in [-0.39, 0.29) is 0 Å². The van der Waals surface area contributed by atoms with Crippen LogP contribution in [0.3, 0.4) is 0 Å². The Morgan fingerprint density at radius 1 is 0.395 bits per heavy atom. The van der Waals surface area contributed by atoms with E-state index >= 15 is 0 Å². The molecule has 1 nitrogen and oxygen atoms in total. The molecule has 2 aromatic heterocycles. The van der Waals surface area contributed by atoms with E-state index in [9.17, 15) is 0 Å². The number of anilines is 3. The summed E-state index contributed by atoms with van der Waals surface area (Å²) in [7, 11) is 0. The molecule has 9 rings (SSSR count). The average molecular weight is 584 g/mol. The monoisotopic (exact) mass is 583 g/mol. The quantitative estimate of drug-likeness (QED) is 0.199. The number of fused-ring (bicyclic) bond motifs is 8. The van der Waals surface area contributed by atoms with Gasteiger partial charge in [0.05, 0.1) is 0 Å². The summed E-state index contributed by atoms with van der Waals surface area (Å²) in [5.74, 6) is 0. The Balaban J connectivity index is 1.19. The van der Waals surface area contributed by atoms with Crippen LogP contribution in [0.2, 0.25) is 0 Å². The summed E-state index contributed by atoms with van der Waals surface area (Å²) in [5.41, 5.74) is 5.96. The number of hydrogen-bond donors (Lipinski definition) is 0. The van der Waals surface area contributed by atoms with E-state index in [1.54, 1.807) is 0 Å². The van der Waals surface area contributed by atoms with Crippen molar-refractivity contribution in [2.24, 2.45) is 0 Å². The van der Waals surface area contributed by atoms with Gasteiger partial charge < -0.3 is 4.90 Å². The second-order valence-electron chi connectivity index (χ2n) is 10.9. The van der Waals surface area contributed by atoms with E-state index < -0.39 is 0 Å². The molecule has 0 bridgehead atoms. The van der Waals surface area contributed by atoms with Crippen LogP contribution in [-0.2, 0) is 0 Å². The lowest BCUT2D eigenvalue weighted by Crippen LogP contribution is -2.09. The lowest BCUT2D eigenvalue weighted by molar-refractivity contribution is 1.29. The van der Waals surface area contributed by atoms with Crippen LogP contribution in [0, 0.1) is 0 Å². The lowest BCUT2D eigenvalue weighted by atomic mass is 9.98. The van der Waals surface area contributed by atoms with Crippen LogP contribution < -0.4 is 4.90 Å². The van der Waals surface area contributed by atoms with Crippen molar-refractivity contribution in [3.8, 4) is 11.1 Å². The van der Waals surface area contributed by atoms with Crippen molar-refractivity contribution >= 4 is 90.9 Å². The molecule has 0 N–H and O–H groups in total. The first-order chi connectivity index (χ1) is 21.3. The summed E-state index contributed by atoms with van der Waals surface area (Å²) in [4.78, 5) is 2.36. The fourth-order valence-electron chi connectivity index (χ4n) is 6.46. The highest BCUT2D eigenvalue weighted by atomic mass is 32.1. The number of para-hydroxylation sites is 1. The van der Waals surface area contributed by atoms with Gasteiger partial charge in [-0.15, -0.1) is 22.7 Å². The molecule has 202 valence electrons. The molecule has 0 aliphatic carbocycles. The van der Waals surface area contributed by atoms with Crippen LogP contribution >= 0.6 is 22.7 Å². The summed E-state index contributed by atoms with van der Waals surface area (Å²) >= 11 is 3.76. The minimum Gasteiger partial charge on any atom is -0.310 e. The molecule has 0 atom stereocenters. The topological polar surface area (TPSA) is 3.24 Å². The van der Waals surface area contributed by atoms with Gasteiger partial charge in [0.15, 0.2) is 0 Å². The fourth-order valence-corrected chi connectivity index (χ4v) is 8.81. The van der Waals surface area contributed by atoms with Crippen molar-refractivity contribution in [1.82, 2.24) is 0 Å². The van der Waals surface area contributed by atoms with Crippen molar-refractivity contribution in [2.75, 3.05) is 4.90 Å². The predicted molar refractivity (Wildman–Crippen MR) is 190 cm³/mol. The summed E-state index contributed by atoms with van der Waals surface area (Å²) in [5, 5.41) is 7.92. The van der Waals surface area contributed by atoms with Crippen molar-refractivity contribution < 1.29 is 0 Å². The number of rotatable bonds is 4. The third kappa shape index (κ3) is 3.97. The van der Waals surface area contributed by atoms with E-state index in [0.717, 1.165) is 17.1 Å². The van der Waals surface area contributed by atoms with E-state index in [0.29, 0.717) is 0 Å². The maximum atomic E-state index is 2.36. The zero-order valence-corrected chi connectivity index (χ0v) is 24.8. The molecule has 43 heavy (non-hydrogen) atoms. The molecular formula is C40H25NS2. The number of thiophene rings is 2. The first kappa shape index (κ1) is 24.6. The minimum absolute atomic E-state index is 1.14. The maximum absolute atomic E-state index is 2.36. The molecule has 0 unspecified atom stereocenters. The molecule has 0 saturated heterocycles. The molecule has 0 spiro atoms. The molecule has 0 fully saturated rings. The summed E-state index contributed by atoms with van der Waals surface area (Å²) in [6.45, 7) is 0. The molecule has 0 radical (unpaired) electrons. The standard InChI is InChI=1S/C40H25NS2/c1-2-10-28(11-3-1)41(30-22-24-37-35(25-30)33-13-6-7-15-36(33)42-37)29-20-17-27(18-21-29)31-14-8-16-38-39(31)34-23-19-26-9-4-5-12-32(26)40(34)43-38/h1-25H. The summed E-state index contributed by atoms with van der Waals surface area (Å²) in [6, 6.07) is 55.3. The third-order valence-electron chi connectivity index (χ3n) is 8.46. The first-order valence-electron chi connectivity index (χ1n) is 14.5. The van der Waals surface area contributed by atoms with Gasteiger partial charge in [0, 0.05) is 57.4 Å². The van der Waals surface area contributed by atoms with Crippen LogP contribution in [0.5, 0.6) is 0 Å². The largest absolute Gasteiger partial charge is 0.310 e. The smallest absolute Gasteiger partial charge is 0.0468 e. The second-order valence-corrected chi connectivity index (χ2v) is 13.1. The van der Waals surface area contributed by atoms with Gasteiger partial charge in [-0.3, -0.25) is 0 Å². The first-order valence-corrected chi connectivity index (χ1v) is 16.1. The number of hydrogen-bond acceptors (Lipinski definition) is 3. The van der Waals surface area contributed by atoms with Crippen molar-refractivity contribution in [3.05, 3.63) is 152 Å². The van der Waals surface area contributed by atoms with E-state index in [4.69, 9.17) is 0 Å². The van der Waals surface area contributed by atoms with Crippen LogP contribution in [0.4, 0.5) is 17.1 Å². The highest BCUT2D eigenvalue weighted by Gasteiger charge is 2.16. The van der Waals surface area contributed by atoms with Gasteiger partial charge in [-0.25, -0.2) is 0 Å². The predicted octanol–water partition coefficient (Wildman–Crippen LogP) is 12.7. The second kappa shape index (κ2) is 9.81. The van der Waals surface area contributed by atoms with E-state index in [2.05, 4.69) is 157 Å². The molecule has 0 aliphatic heterocycles. The molecule has 2 heterocycles. The molecule has 9 aromatic rings. The Labute approximate surface area is 257 Å². The van der Waals surface area contributed by atoms with Gasteiger partial charge in [0.25, 0.3) is 0 Å². The SMILES string of the molecule is c1ccc(N(c2ccc(-c3cccc4sc5c6ccccc6ccc5c34)cc2)c2ccc3sc4ccccc4c3c2)cc1. The van der Waals surface area contributed by atoms with Gasteiger partial charge in [-0.05, 0) is 76.5 Å². The normalized spacial score (nSPS) is 11.7. The van der Waals surface area contributed by atoms with E-state index in [1.807, 2.05) is 22.7 Å². The van der Waals surface area contributed by atoms with Crippen molar-refractivity contribution in [1.29, 1.82) is 0 Å². The van der Waals surface area contributed by atoms with Crippen LogP contribution in [-0.4, -0.2) is 0 Å². The van der Waals surface area contributed by atoms with Gasteiger partial charge >= 0.3 is 0 Å². The average Bonchev–Trinajstić information content (AvgIpc) is 3.64. The summed E-state index contributed by atoms with van der Waals surface area (Å²) < 4.78 is 5.34. The van der Waals surface area contributed by atoms with Gasteiger partial charge in [0.2, 0.25) is 0 Å². The van der Waals surface area contributed by atoms with Crippen LogP contribution in [0.1, 0.15) is 0 Å². The molecule has 0 aliphatic rings. The highest BCUT2D eigenvalue weighted by Crippen LogP contribution is 2.44. The molecule has 0 amide bonds. The van der Waals surface area contributed by atoms with Gasteiger partial charge in [0.1, 0.15) is 0 Å². The van der Waals surface area contributed by atoms with Crippen LogP contribution in [0.25, 0.3) is 62.2 Å². The minimum atomic E-state index is 1.14. The van der Waals surface area contributed by atoms with Gasteiger partial charge in [-0.1, -0.05) is 97.1 Å². The zero-order valence-electron chi connectivity index (χ0n) is 23.2. The highest BCUT2D eigenvalue weighted by molar-refractivity contribution is 7.27. The number of benzene rings is 7. The van der Waals surface area contributed by atoms with Crippen LogP contribution in [0.15, 0.2) is 152 Å². The van der Waals surface area contributed by atoms with Gasteiger partial charge in [-0.2, -0.15) is 0 Å². The van der Waals surface area contributed by atoms with Crippen molar-refractivity contribution in [3.63, 3.8) is 0 Å². The molecule has 7 aromatic carbocycles. The Morgan fingerprint density at radius 2 is 1.09 bits per heavy atom. The molecular weight excluding hydrogens is 559 g/mol. The zero-order chi connectivity index (χ0) is 28.3. The summed E-state index contributed by atoms with van der Waals surface area (Å²) in [6.07, 6.45) is 0. The molecule has 3 heteroatoms. The Morgan fingerprint density at radius 3 is 1.98 bits per heavy atom. The fraction of sp³-hybridized carbons (Fsp3) is 0.